The van der Waals surface area contributed by atoms with Crippen LogP contribution in [0.3, 0.4) is 0 Å². The lowest BCUT2D eigenvalue weighted by atomic mass is 10.1. The van der Waals surface area contributed by atoms with Gasteiger partial charge in [0.15, 0.2) is 0 Å². The van der Waals surface area contributed by atoms with Gasteiger partial charge in [-0.1, -0.05) is 6.07 Å². The molecule has 21 heavy (non-hydrogen) atoms. The van der Waals surface area contributed by atoms with Crippen LogP contribution in [0.15, 0.2) is 18.2 Å². The second kappa shape index (κ2) is 10.1. The first-order chi connectivity index (χ1) is 10.2. The zero-order valence-corrected chi connectivity index (χ0v) is 12.7. The lowest BCUT2D eigenvalue weighted by Gasteiger charge is -2.10. The number of methoxy groups -OCH3 is 2. The highest BCUT2D eigenvalue weighted by Crippen LogP contribution is 2.20. The Kier molecular flexibility index (Phi) is 8.42. The Labute approximate surface area is 125 Å². The van der Waals surface area contributed by atoms with Crippen molar-refractivity contribution in [2.75, 3.05) is 40.6 Å². The average Bonchev–Trinajstić information content (AvgIpc) is 2.49. The van der Waals surface area contributed by atoms with E-state index in [0.717, 1.165) is 12.0 Å². The number of amidine groups is 1. The van der Waals surface area contributed by atoms with Crippen molar-refractivity contribution in [1.29, 1.82) is 5.41 Å². The van der Waals surface area contributed by atoms with Gasteiger partial charge in [-0.05, 0) is 24.1 Å². The summed E-state index contributed by atoms with van der Waals surface area (Å²) in [5, 5.41) is 7.46. The summed E-state index contributed by atoms with van der Waals surface area (Å²) < 4.78 is 21.0. The molecule has 1 aromatic rings. The number of hydrogen-bond acceptors (Lipinski definition) is 5. The van der Waals surface area contributed by atoms with Crippen molar-refractivity contribution in [2.45, 2.75) is 13.0 Å². The zero-order chi connectivity index (χ0) is 15.5. The van der Waals surface area contributed by atoms with Gasteiger partial charge in [-0.2, -0.15) is 0 Å². The number of benzene rings is 1. The second-order valence-corrected chi connectivity index (χ2v) is 4.46. The fourth-order valence-corrected chi connectivity index (χ4v) is 1.75. The van der Waals surface area contributed by atoms with Gasteiger partial charge in [-0.15, -0.1) is 0 Å². The van der Waals surface area contributed by atoms with E-state index in [1.54, 1.807) is 20.3 Å². The van der Waals surface area contributed by atoms with Crippen LogP contribution in [0.5, 0.6) is 5.75 Å². The van der Waals surface area contributed by atoms with Crippen LogP contribution in [0.1, 0.15) is 17.5 Å². The highest BCUT2D eigenvalue weighted by molar-refractivity contribution is 5.97. The topological polar surface area (TPSA) is 86.8 Å². The molecule has 0 heterocycles. The van der Waals surface area contributed by atoms with Crippen LogP contribution in [-0.4, -0.2) is 46.5 Å². The quantitative estimate of drug-likeness (QED) is 0.367. The minimum atomic E-state index is -0.00692. The molecule has 3 N–H and O–H groups in total. The lowest BCUT2D eigenvalue weighted by Crippen LogP contribution is -2.12. The molecule has 0 fully saturated rings. The fourth-order valence-electron chi connectivity index (χ4n) is 1.75. The molecule has 0 aliphatic rings. The molecule has 0 saturated heterocycles. The Morgan fingerprint density at radius 2 is 1.86 bits per heavy atom. The summed E-state index contributed by atoms with van der Waals surface area (Å²) in [4.78, 5) is 0. The maximum Gasteiger partial charge on any atom is 0.130 e. The zero-order valence-electron chi connectivity index (χ0n) is 12.7. The average molecular weight is 296 g/mol. The van der Waals surface area contributed by atoms with Gasteiger partial charge in [0.2, 0.25) is 0 Å². The Morgan fingerprint density at radius 1 is 1.10 bits per heavy atom. The number of ether oxygens (including phenoxy) is 4. The highest BCUT2D eigenvalue weighted by atomic mass is 16.5. The minimum absolute atomic E-state index is 0.00692. The molecule has 0 spiro atoms. The van der Waals surface area contributed by atoms with Gasteiger partial charge in [-0.3, -0.25) is 5.41 Å². The van der Waals surface area contributed by atoms with Gasteiger partial charge >= 0.3 is 0 Å². The van der Waals surface area contributed by atoms with Gasteiger partial charge in [0.1, 0.15) is 11.6 Å². The number of hydrogen-bond donors (Lipinski definition) is 2. The molecule has 0 amide bonds. The van der Waals surface area contributed by atoms with Crippen LogP contribution in [0, 0.1) is 5.41 Å². The normalized spacial score (nSPS) is 10.6. The molecule has 0 aromatic heterocycles. The Morgan fingerprint density at radius 3 is 2.52 bits per heavy atom. The molecule has 1 rings (SSSR count). The van der Waals surface area contributed by atoms with Crippen molar-refractivity contribution >= 4 is 5.84 Å². The van der Waals surface area contributed by atoms with Gasteiger partial charge < -0.3 is 24.7 Å². The predicted octanol–water partition coefficient (Wildman–Crippen LogP) is 1.55. The third-order valence-electron chi connectivity index (χ3n) is 2.83. The lowest BCUT2D eigenvalue weighted by molar-refractivity contribution is 0.0483. The molecule has 6 heteroatoms. The van der Waals surface area contributed by atoms with Crippen molar-refractivity contribution in [1.82, 2.24) is 0 Å². The Balaban J connectivity index is 2.28. The fraction of sp³-hybridized carbons (Fsp3) is 0.533. The summed E-state index contributed by atoms with van der Waals surface area (Å²) >= 11 is 0. The van der Waals surface area contributed by atoms with Gasteiger partial charge in [0.25, 0.3) is 0 Å². The van der Waals surface area contributed by atoms with Crippen molar-refractivity contribution in [3.05, 3.63) is 29.3 Å². The van der Waals surface area contributed by atoms with E-state index in [9.17, 15) is 0 Å². The maximum absolute atomic E-state index is 7.46. The van der Waals surface area contributed by atoms with Gasteiger partial charge in [-0.25, -0.2) is 0 Å². The first kappa shape index (κ1) is 17.4. The molecule has 1 aromatic carbocycles. The van der Waals surface area contributed by atoms with Gasteiger partial charge in [0.05, 0.1) is 32.5 Å². The van der Waals surface area contributed by atoms with Crippen molar-refractivity contribution in [2.24, 2.45) is 5.73 Å². The third-order valence-corrected chi connectivity index (χ3v) is 2.83. The van der Waals surface area contributed by atoms with E-state index in [2.05, 4.69) is 0 Å². The molecule has 0 radical (unpaired) electrons. The standard InChI is InChI=1S/C15H24N2O4/c1-18-8-9-20-6-3-7-21-11-12-4-5-13(15(16)17)14(10-12)19-2/h4-5,10H,3,6-9,11H2,1-2H3,(H3,16,17). The summed E-state index contributed by atoms with van der Waals surface area (Å²) in [6.45, 7) is 3.01. The number of nitrogens with two attached hydrogens (primary N) is 1. The predicted molar refractivity (Wildman–Crippen MR) is 81.0 cm³/mol. The van der Waals surface area contributed by atoms with E-state index in [1.165, 1.54) is 0 Å². The largest absolute Gasteiger partial charge is 0.496 e. The Bertz CT molecular complexity index is 438. The molecule has 0 bridgehead atoms. The van der Waals surface area contributed by atoms with Crippen LogP contribution < -0.4 is 10.5 Å². The second-order valence-electron chi connectivity index (χ2n) is 4.46. The summed E-state index contributed by atoms with van der Waals surface area (Å²) in [7, 11) is 3.21. The van der Waals surface area contributed by atoms with E-state index >= 15 is 0 Å². The van der Waals surface area contributed by atoms with E-state index in [1.807, 2.05) is 12.1 Å². The van der Waals surface area contributed by atoms with Crippen molar-refractivity contribution in [3.63, 3.8) is 0 Å². The summed E-state index contributed by atoms with van der Waals surface area (Å²) in [5.74, 6) is 0.582. The third kappa shape index (κ3) is 6.57. The molecule has 0 aliphatic heterocycles. The maximum atomic E-state index is 7.46. The molecule has 0 atom stereocenters. The molecule has 6 nitrogen and oxygen atoms in total. The first-order valence-electron chi connectivity index (χ1n) is 6.84. The molecule has 0 saturated carbocycles. The van der Waals surface area contributed by atoms with Crippen molar-refractivity contribution < 1.29 is 18.9 Å². The van der Waals surface area contributed by atoms with E-state index in [4.69, 9.17) is 30.1 Å². The number of rotatable bonds is 11. The SMILES string of the molecule is COCCOCCCOCc1ccc(C(=N)N)c(OC)c1. The monoisotopic (exact) mass is 296 g/mol. The van der Waals surface area contributed by atoms with Crippen LogP contribution in [0.4, 0.5) is 0 Å². The van der Waals surface area contributed by atoms with Gasteiger partial charge in [0, 0.05) is 20.3 Å². The summed E-state index contributed by atoms with van der Waals surface area (Å²) in [6, 6.07) is 5.49. The molecule has 0 unspecified atom stereocenters. The van der Waals surface area contributed by atoms with E-state index < -0.39 is 0 Å². The summed E-state index contributed by atoms with van der Waals surface area (Å²) in [5.41, 5.74) is 7.05. The smallest absolute Gasteiger partial charge is 0.130 e. The number of nitrogen functional groups attached to an aromatic ring is 1. The summed E-state index contributed by atoms with van der Waals surface area (Å²) in [6.07, 6.45) is 0.840. The van der Waals surface area contributed by atoms with Crippen molar-refractivity contribution in [3.8, 4) is 5.75 Å². The molecule has 0 aliphatic carbocycles. The molecule has 118 valence electrons. The minimum Gasteiger partial charge on any atom is -0.496 e. The van der Waals surface area contributed by atoms with Crippen LogP contribution in [0.2, 0.25) is 0 Å². The molecular formula is C15H24N2O4. The van der Waals surface area contributed by atoms with E-state index in [0.29, 0.717) is 44.3 Å². The Hall–Kier alpha value is -1.63. The van der Waals surface area contributed by atoms with Crippen LogP contribution in [-0.2, 0) is 20.8 Å². The van der Waals surface area contributed by atoms with Crippen LogP contribution in [0.25, 0.3) is 0 Å². The van der Waals surface area contributed by atoms with E-state index in [-0.39, 0.29) is 5.84 Å². The number of nitrogens with one attached hydrogen (secondary N) is 1. The van der Waals surface area contributed by atoms with Crippen LogP contribution >= 0.6 is 0 Å². The first-order valence-corrected chi connectivity index (χ1v) is 6.84. The highest BCUT2D eigenvalue weighted by Gasteiger charge is 2.07. The molecular weight excluding hydrogens is 272 g/mol.